The minimum absolute atomic E-state index is 0.0956. The van der Waals surface area contributed by atoms with Gasteiger partial charge < -0.3 is 0 Å². The summed E-state index contributed by atoms with van der Waals surface area (Å²) in [6.07, 6.45) is 3.76. The molecule has 96 valence electrons. The molecule has 2 rings (SSSR count). The lowest BCUT2D eigenvalue weighted by molar-refractivity contribution is 0.0947. The second kappa shape index (κ2) is 5.65. The summed E-state index contributed by atoms with van der Waals surface area (Å²) in [5.41, 5.74) is 1.09. The van der Waals surface area contributed by atoms with Gasteiger partial charge in [-0.15, -0.1) is 11.3 Å². The van der Waals surface area contributed by atoms with E-state index >= 15 is 0 Å². The lowest BCUT2D eigenvalue weighted by Crippen LogP contribution is -2.25. The monoisotopic (exact) mass is 283 g/mol. The molecule has 6 heteroatoms. The van der Waals surface area contributed by atoms with Crippen LogP contribution in [0, 0.1) is 0 Å². The summed E-state index contributed by atoms with van der Waals surface area (Å²) in [5.74, 6) is 0.0956. The third-order valence-electron chi connectivity index (χ3n) is 2.47. The summed E-state index contributed by atoms with van der Waals surface area (Å²) < 4.78 is 2.40. The zero-order valence-electron chi connectivity index (χ0n) is 10.3. The number of aromatic nitrogens is 2. The van der Waals surface area contributed by atoms with Gasteiger partial charge in [0.25, 0.3) is 0 Å². The molecule has 2 aromatic heterocycles. The van der Waals surface area contributed by atoms with Gasteiger partial charge in [0.2, 0.25) is 0 Å². The van der Waals surface area contributed by atoms with Crippen LogP contribution < -0.4 is 0 Å². The minimum atomic E-state index is 0.0956. The van der Waals surface area contributed by atoms with Crippen LogP contribution in [0.25, 0.3) is 0 Å². The number of hydrogen-bond acceptors (Lipinski definition) is 4. The number of hydrogen-bond donors (Lipinski definition) is 0. The molecule has 0 saturated carbocycles. The van der Waals surface area contributed by atoms with Crippen LogP contribution in [0.4, 0.5) is 0 Å². The van der Waals surface area contributed by atoms with Crippen LogP contribution in [0.1, 0.15) is 15.2 Å². The van der Waals surface area contributed by atoms with Crippen LogP contribution >= 0.6 is 22.9 Å². The second-order valence-corrected chi connectivity index (χ2v) is 5.94. The summed E-state index contributed by atoms with van der Waals surface area (Å²) in [4.78, 5) is 14.6. The van der Waals surface area contributed by atoms with Gasteiger partial charge >= 0.3 is 0 Å². The Morgan fingerprint density at radius 3 is 2.89 bits per heavy atom. The number of halogens is 1. The highest BCUT2D eigenvalue weighted by molar-refractivity contribution is 7.18. The van der Waals surface area contributed by atoms with Gasteiger partial charge in [-0.2, -0.15) is 5.10 Å². The van der Waals surface area contributed by atoms with E-state index in [9.17, 15) is 4.79 Å². The van der Waals surface area contributed by atoms with E-state index in [1.54, 1.807) is 16.8 Å². The molecule has 0 spiro atoms. The van der Waals surface area contributed by atoms with Crippen molar-refractivity contribution >= 4 is 28.7 Å². The lowest BCUT2D eigenvalue weighted by Gasteiger charge is -2.13. The SMILES string of the molecule is CN(CC(=O)c1ccc(Cl)s1)Cc1cnn(C)c1. The molecule has 0 aromatic carbocycles. The minimum Gasteiger partial charge on any atom is -0.294 e. The Morgan fingerprint density at radius 2 is 2.33 bits per heavy atom. The van der Waals surface area contributed by atoms with Gasteiger partial charge in [0.05, 0.1) is 22.0 Å². The molecule has 0 radical (unpaired) electrons. The van der Waals surface area contributed by atoms with Crippen molar-refractivity contribution in [1.82, 2.24) is 14.7 Å². The topological polar surface area (TPSA) is 38.1 Å². The Balaban J connectivity index is 1.91. The number of carbonyl (C=O) groups excluding carboxylic acids is 1. The van der Waals surface area contributed by atoms with Crippen LogP contribution in [0.5, 0.6) is 0 Å². The van der Waals surface area contributed by atoms with Gasteiger partial charge in [-0.1, -0.05) is 11.6 Å². The maximum Gasteiger partial charge on any atom is 0.186 e. The van der Waals surface area contributed by atoms with E-state index in [1.807, 2.05) is 31.4 Å². The molecule has 0 aliphatic rings. The van der Waals surface area contributed by atoms with Crippen molar-refractivity contribution in [3.63, 3.8) is 0 Å². The van der Waals surface area contributed by atoms with Crippen molar-refractivity contribution < 1.29 is 4.79 Å². The van der Waals surface area contributed by atoms with E-state index < -0.39 is 0 Å². The summed E-state index contributed by atoms with van der Waals surface area (Å²) >= 11 is 7.14. The van der Waals surface area contributed by atoms with E-state index in [0.717, 1.165) is 5.56 Å². The molecule has 0 aliphatic heterocycles. The predicted octanol–water partition coefficient (Wildman–Crippen LogP) is 2.45. The van der Waals surface area contributed by atoms with E-state index in [0.29, 0.717) is 22.3 Å². The van der Waals surface area contributed by atoms with Gasteiger partial charge in [-0.3, -0.25) is 14.4 Å². The number of carbonyl (C=O) groups is 1. The summed E-state index contributed by atoms with van der Waals surface area (Å²) in [5, 5.41) is 4.10. The third-order valence-corrected chi connectivity index (χ3v) is 3.74. The zero-order valence-corrected chi connectivity index (χ0v) is 11.8. The van der Waals surface area contributed by atoms with Crippen molar-refractivity contribution in [1.29, 1.82) is 0 Å². The van der Waals surface area contributed by atoms with Crippen molar-refractivity contribution in [2.24, 2.45) is 7.05 Å². The first-order chi connectivity index (χ1) is 8.54. The largest absolute Gasteiger partial charge is 0.294 e. The zero-order chi connectivity index (χ0) is 13.1. The fraction of sp³-hybridized carbons (Fsp3) is 0.333. The number of nitrogens with zero attached hydrogens (tertiary/aromatic N) is 3. The predicted molar refractivity (Wildman–Crippen MR) is 73.2 cm³/mol. The Labute approximate surface area is 115 Å². The van der Waals surface area contributed by atoms with Crippen molar-refractivity contribution in [2.75, 3.05) is 13.6 Å². The first-order valence-corrected chi connectivity index (χ1v) is 6.68. The molecule has 18 heavy (non-hydrogen) atoms. The van der Waals surface area contributed by atoms with Crippen LogP contribution in [-0.4, -0.2) is 34.1 Å². The molecule has 2 aromatic rings. The Morgan fingerprint density at radius 1 is 1.56 bits per heavy atom. The Bertz CT molecular complexity index is 549. The second-order valence-electron chi connectivity index (χ2n) is 4.22. The highest BCUT2D eigenvalue weighted by atomic mass is 35.5. The normalized spacial score (nSPS) is 11.1. The standard InChI is InChI=1S/C12H14ClN3OS/c1-15(6-9-5-14-16(2)7-9)8-10(17)11-3-4-12(13)18-11/h3-5,7H,6,8H2,1-2H3. The van der Waals surface area contributed by atoms with E-state index in [1.165, 1.54) is 11.3 Å². The molecule has 0 N–H and O–H groups in total. The summed E-state index contributed by atoms with van der Waals surface area (Å²) in [6, 6.07) is 3.52. The smallest absolute Gasteiger partial charge is 0.186 e. The van der Waals surface area contributed by atoms with Crippen LogP contribution in [0.15, 0.2) is 24.5 Å². The number of ketones is 1. The molecule has 0 aliphatic carbocycles. The maximum atomic E-state index is 12.0. The molecule has 0 unspecified atom stereocenters. The fourth-order valence-electron chi connectivity index (χ4n) is 1.71. The van der Waals surface area contributed by atoms with Gasteiger partial charge in [-0.25, -0.2) is 0 Å². The number of thiophene rings is 1. The molecule has 0 amide bonds. The van der Waals surface area contributed by atoms with Crippen LogP contribution in [-0.2, 0) is 13.6 Å². The molecule has 0 saturated heterocycles. The number of Topliss-reactive ketones (excluding diaryl/α,β-unsaturated/α-hetero) is 1. The van der Waals surface area contributed by atoms with E-state index in [4.69, 9.17) is 11.6 Å². The summed E-state index contributed by atoms with van der Waals surface area (Å²) in [6.45, 7) is 1.09. The Hall–Kier alpha value is -1.17. The van der Waals surface area contributed by atoms with Gasteiger partial charge in [0.1, 0.15) is 0 Å². The molecular weight excluding hydrogens is 270 g/mol. The quantitative estimate of drug-likeness (QED) is 0.791. The first-order valence-electron chi connectivity index (χ1n) is 5.49. The highest BCUT2D eigenvalue weighted by Gasteiger charge is 2.12. The molecule has 0 atom stereocenters. The number of aryl methyl sites for hydroxylation is 1. The average molecular weight is 284 g/mol. The molecular formula is C12H14ClN3OS. The van der Waals surface area contributed by atoms with Gasteiger partial charge in [-0.05, 0) is 19.2 Å². The molecule has 2 heterocycles. The number of rotatable bonds is 5. The number of likely N-dealkylation sites (N-methyl/N-ethyl adjacent to an activating group) is 1. The third kappa shape index (κ3) is 3.41. The molecule has 0 fully saturated rings. The molecule has 4 nitrogen and oxygen atoms in total. The lowest BCUT2D eigenvalue weighted by atomic mass is 10.3. The summed E-state index contributed by atoms with van der Waals surface area (Å²) in [7, 11) is 3.79. The van der Waals surface area contributed by atoms with Gasteiger partial charge in [0, 0.05) is 25.4 Å². The van der Waals surface area contributed by atoms with Crippen molar-refractivity contribution in [3.8, 4) is 0 Å². The maximum absolute atomic E-state index is 12.0. The highest BCUT2D eigenvalue weighted by Crippen LogP contribution is 2.21. The van der Waals surface area contributed by atoms with Crippen molar-refractivity contribution in [3.05, 3.63) is 39.3 Å². The molecule has 0 bridgehead atoms. The van der Waals surface area contributed by atoms with E-state index in [2.05, 4.69) is 5.10 Å². The van der Waals surface area contributed by atoms with Crippen LogP contribution in [0.2, 0.25) is 4.34 Å². The Kier molecular flexibility index (Phi) is 4.16. The fourth-order valence-corrected chi connectivity index (χ4v) is 2.68. The average Bonchev–Trinajstić information content (AvgIpc) is 2.87. The van der Waals surface area contributed by atoms with Gasteiger partial charge in [0.15, 0.2) is 5.78 Å². The van der Waals surface area contributed by atoms with Crippen molar-refractivity contribution in [2.45, 2.75) is 6.54 Å². The first kappa shape index (κ1) is 13.3. The van der Waals surface area contributed by atoms with E-state index in [-0.39, 0.29) is 5.78 Å². The van der Waals surface area contributed by atoms with Crippen LogP contribution in [0.3, 0.4) is 0 Å².